The highest BCUT2D eigenvalue weighted by molar-refractivity contribution is 8.26. The highest BCUT2D eigenvalue weighted by Crippen LogP contribution is 2.38. The summed E-state index contributed by atoms with van der Waals surface area (Å²) in [6, 6.07) is 22.1. The van der Waals surface area contributed by atoms with Crippen molar-refractivity contribution in [2.45, 2.75) is 12.6 Å². The summed E-state index contributed by atoms with van der Waals surface area (Å²) in [5.41, 5.74) is 2.27. The molecule has 1 heterocycles. The highest BCUT2D eigenvalue weighted by Gasteiger charge is 2.41. The third kappa shape index (κ3) is 5.45. The Balaban J connectivity index is 1.47. The van der Waals surface area contributed by atoms with E-state index in [1.807, 2.05) is 48.5 Å². The first-order chi connectivity index (χ1) is 15.9. The normalized spacial score (nSPS) is 15.7. The van der Waals surface area contributed by atoms with Crippen LogP contribution in [0.2, 0.25) is 5.02 Å². The van der Waals surface area contributed by atoms with Gasteiger partial charge in [-0.3, -0.25) is 9.69 Å². The van der Waals surface area contributed by atoms with Gasteiger partial charge >= 0.3 is 5.97 Å². The highest BCUT2D eigenvalue weighted by atomic mass is 35.5. The zero-order valence-electron chi connectivity index (χ0n) is 17.2. The molecule has 3 aromatic carbocycles. The first-order valence-electron chi connectivity index (χ1n) is 9.94. The van der Waals surface area contributed by atoms with Crippen molar-refractivity contribution in [3.63, 3.8) is 0 Å². The minimum atomic E-state index is -1.17. The van der Waals surface area contributed by atoms with Crippen LogP contribution in [0.4, 0.5) is 0 Å². The number of halogens is 1. The van der Waals surface area contributed by atoms with Crippen LogP contribution in [-0.4, -0.2) is 26.2 Å². The zero-order valence-corrected chi connectivity index (χ0v) is 19.6. The molecule has 0 bridgehead atoms. The Morgan fingerprint density at radius 3 is 2.36 bits per heavy atom. The van der Waals surface area contributed by atoms with Crippen LogP contribution >= 0.6 is 35.6 Å². The summed E-state index contributed by atoms with van der Waals surface area (Å²) < 4.78 is 6.00. The molecule has 1 N–H and O–H groups in total. The number of hydrogen-bond donors (Lipinski definition) is 1. The standard InChI is InChI=1S/C25H18ClNO4S2/c26-19-10-6-17(7-11-19)15-31-20-12-8-16(9-13-20)14-21-23(28)27(25(32)33-21)22(24(29)30)18-4-2-1-3-5-18/h1-14,22H,15H2,(H,29,30)/b21-14+. The molecule has 8 heteroatoms. The van der Waals surface area contributed by atoms with Gasteiger partial charge in [0.25, 0.3) is 5.91 Å². The number of hydrogen-bond acceptors (Lipinski definition) is 5. The number of nitrogens with zero attached hydrogens (tertiary/aromatic N) is 1. The molecule has 166 valence electrons. The van der Waals surface area contributed by atoms with Crippen LogP contribution in [0.1, 0.15) is 22.7 Å². The van der Waals surface area contributed by atoms with Crippen molar-refractivity contribution in [3.05, 3.63) is 105 Å². The van der Waals surface area contributed by atoms with Gasteiger partial charge in [0, 0.05) is 5.02 Å². The topological polar surface area (TPSA) is 66.8 Å². The minimum Gasteiger partial charge on any atom is -0.489 e. The molecular formula is C25H18ClNO4S2. The maximum Gasteiger partial charge on any atom is 0.331 e. The van der Waals surface area contributed by atoms with Gasteiger partial charge < -0.3 is 9.84 Å². The second-order valence-electron chi connectivity index (χ2n) is 7.19. The van der Waals surface area contributed by atoms with E-state index < -0.39 is 17.9 Å². The Hall–Kier alpha value is -3.13. The van der Waals surface area contributed by atoms with Crippen LogP contribution in [-0.2, 0) is 16.2 Å². The van der Waals surface area contributed by atoms with Gasteiger partial charge in [-0.15, -0.1) is 0 Å². The van der Waals surface area contributed by atoms with Crippen molar-refractivity contribution < 1.29 is 19.4 Å². The summed E-state index contributed by atoms with van der Waals surface area (Å²) >= 11 is 12.3. The van der Waals surface area contributed by atoms with Gasteiger partial charge in [-0.2, -0.15) is 0 Å². The largest absolute Gasteiger partial charge is 0.489 e. The molecule has 1 atom stereocenters. The Morgan fingerprint density at radius 2 is 1.73 bits per heavy atom. The van der Waals surface area contributed by atoms with Crippen molar-refractivity contribution in [2.24, 2.45) is 0 Å². The van der Waals surface area contributed by atoms with Crippen LogP contribution in [0.15, 0.2) is 83.8 Å². The quantitative estimate of drug-likeness (QED) is 0.323. The number of carboxylic acids is 1. The van der Waals surface area contributed by atoms with Crippen molar-refractivity contribution in [1.82, 2.24) is 4.90 Å². The van der Waals surface area contributed by atoms with E-state index in [9.17, 15) is 14.7 Å². The van der Waals surface area contributed by atoms with Crippen LogP contribution in [0.5, 0.6) is 5.75 Å². The Kier molecular flexibility index (Phi) is 7.13. The molecule has 1 aliphatic heterocycles. The molecule has 0 aliphatic carbocycles. The molecule has 1 fully saturated rings. The lowest BCUT2D eigenvalue weighted by Gasteiger charge is -2.23. The molecule has 3 aromatic rings. The number of carbonyl (C=O) groups is 2. The second-order valence-corrected chi connectivity index (χ2v) is 9.30. The van der Waals surface area contributed by atoms with Crippen molar-refractivity contribution in [3.8, 4) is 5.75 Å². The van der Waals surface area contributed by atoms with Gasteiger partial charge in [-0.05, 0) is 47.0 Å². The second kappa shape index (κ2) is 10.2. The van der Waals surface area contributed by atoms with Gasteiger partial charge in [0.15, 0.2) is 6.04 Å². The first-order valence-corrected chi connectivity index (χ1v) is 11.5. The maximum atomic E-state index is 13.0. The van der Waals surface area contributed by atoms with Crippen molar-refractivity contribution in [1.29, 1.82) is 0 Å². The van der Waals surface area contributed by atoms with E-state index in [-0.39, 0.29) is 4.32 Å². The Labute approximate surface area is 205 Å². The lowest BCUT2D eigenvalue weighted by molar-refractivity contribution is -0.145. The fraction of sp³-hybridized carbons (Fsp3) is 0.0800. The molecule has 1 aliphatic rings. The number of carboxylic acid groups (broad SMARTS) is 1. The van der Waals surface area contributed by atoms with Gasteiger partial charge in [0.05, 0.1) is 4.91 Å². The molecule has 1 amide bonds. The number of carbonyl (C=O) groups excluding carboxylic acids is 1. The van der Waals surface area contributed by atoms with E-state index in [0.29, 0.717) is 27.8 Å². The summed E-state index contributed by atoms with van der Waals surface area (Å²) in [7, 11) is 0. The molecule has 1 saturated heterocycles. The lowest BCUT2D eigenvalue weighted by atomic mass is 10.1. The average molecular weight is 496 g/mol. The minimum absolute atomic E-state index is 0.213. The third-order valence-corrected chi connectivity index (χ3v) is 6.51. The summed E-state index contributed by atoms with van der Waals surface area (Å²) in [6.07, 6.45) is 1.70. The van der Waals surface area contributed by atoms with Crippen LogP contribution in [0.3, 0.4) is 0 Å². The molecule has 5 nitrogen and oxygen atoms in total. The predicted octanol–water partition coefficient (Wildman–Crippen LogP) is 5.95. The van der Waals surface area contributed by atoms with Gasteiger partial charge in [-0.1, -0.05) is 90.2 Å². The molecule has 0 radical (unpaired) electrons. The number of aliphatic carboxylic acids is 1. The summed E-state index contributed by atoms with van der Waals surface area (Å²) in [4.78, 5) is 26.5. The van der Waals surface area contributed by atoms with E-state index in [0.717, 1.165) is 27.8 Å². The predicted molar refractivity (Wildman–Crippen MR) is 134 cm³/mol. The molecule has 1 unspecified atom stereocenters. The van der Waals surface area contributed by atoms with Gasteiger partial charge in [0.2, 0.25) is 0 Å². The average Bonchev–Trinajstić information content (AvgIpc) is 3.08. The molecule has 4 rings (SSSR count). The monoisotopic (exact) mass is 495 g/mol. The number of benzene rings is 3. The third-order valence-electron chi connectivity index (χ3n) is 4.93. The zero-order chi connectivity index (χ0) is 23.4. The number of ether oxygens (including phenoxy) is 1. The summed E-state index contributed by atoms with van der Waals surface area (Å²) in [5, 5.41) is 10.4. The SMILES string of the molecule is O=C(O)C(c1ccccc1)N1C(=O)/C(=C\c2ccc(OCc3ccc(Cl)cc3)cc2)SC1=S. The first kappa shape index (κ1) is 23.0. The Bertz CT molecular complexity index is 1210. The van der Waals surface area contributed by atoms with Crippen molar-refractivity contribution >= 4 is 57.9 Å². The van der Waals surface area contributed by atoms with E-state index in [2.05, 4.69) is 0 Å². The Morgan fingerprint density at radius 1 is 1.06 bits per heavy atom. The molecule has 0 aromatic heterocycles. The van der Waals surface area contributed by atoms with Crippen molar-refractivity contribution in [2.75, 3.05) is 0 Å². The van der Waals surface area contributed by atoms with E-state index in [4.69, 9.17) is 28.6 Å². The number of amides is 1. The van der Waals surface area contributed by atoms with E-state index in [1.165, 1.54) is 0 Å². The van der Waals surface area contributed by atoms with Crippen LogP contribution in [0, 0.1) is 0 Å². The molecule has 33 heavy (non-hydrogen) atoms. The van der Waals surface area contributed by atoms with Gasteiger partial charge in [0.1, 0.15) is 16.7 Å². The maximum absolute atomic E-state index is 13.0. The van der Waals surface area contributed by atoms with Gasteiger partial charge in [-0.25, -0.2) is 4.79 Å². The van der Waals surface area contributed by atoms with Crippen LogP contribution in [0.25, 0.3) is 6.08 Å². The molecular weight excluding hydrogens is 478 g/mol. The van der Waals surface area contributed by atoms with E-state index >= 15 is 0 Å². The van der Waals surface area contributed by atoms with Crippen LogP contribution < -0.4 is 4.74 Å². The lowest BCUT2D eigenvalue weighted by Crippen LogP contribution is -2.37. The number of rotatable bonds is 7. The fourth-order valence-electron chi connectivity index (χ4n) is 3.30. The molecule has 0 saturated carbocycles. The molecule has 0 spiro atoms. The smallest absolute Gasteiger partial charge is 0.331 e. The summed E-state index contributed by atoms with van der Waals surface area (Å²) in [5.74, 6) is -0.880. The number of thioether (sulfide) groups is 1. The fourth-order valence-corrected chi connectivity index (χ4v) is 4.74. The number of thiocarbonyl (C=S) groups is 1. The summed E-state index contributed by atoms with van der Waals surface area (Å²) in [6.45, 7) is 0.408. The van der Waals surface area contributed by atoms with E-state index in [1.54, 1.807) is 36.4 Å².